The van der Waals surface area contributed by atoms with Gasteiger partial charge in [0.25, 0.3) is 0 Å². The van der Waals surface area contributed by atoms with E-state index in [1.54, 1.807) is 11.8 Å². The van der Waals surface area contributed by atoms with Gasteiger partial charge >= 0.3 is 0 Å². The van der Waals surface area contributed by atoms with Crippen LogP contribution in [-0.4, -0.2) is 21.2 Å². The van der Waals surface area contributed by atoms with Crippen LogP contribution in [0, 0.1) is 0 Å². The molecule has 0 fully saturated rings. The van der Waals surface area contributed by atoms with Crippen molar-refractivity contribution in [3.05, 3.63) is 31.0 Å². The Morgan fingerprint density at radius 3 is 2.76 bits per heavy atom. The SMILES string of the molecule is C=CCCCSc1n[nH]nc1C(Br)CCC=C. The van der Waals surface area contributed by atoms with Gasteiger partial charge in [-0.25, -0.2) is 0 Å². The minimum absolute atomic E-state index is 0.251. The Morgan fingerprint density at radius 1 is 1.29 bits per heavy atom. The van der Waals surface area contributed by atoms with Crippen molar-refractivity contribution in [3.8, 4) is 0 Å². The molecule has 1 atom stereocenters. The zero-order valence-corrected chi connectivity index (χ0v) is 12.3. The number of thioether (sulfide) groups is 1. The first kappa shape index (κ1) is 14.5. The molecule has 0 aliphatic carbocycles. The number of halogens is 1. The molecule has 0 aliphatic rings. The largest absolute Gasteiger partial charge is 0.197 e. The number of rotatable bonds is 9. The minimum atomic E-state index is 0.251. The Bertz CT molecular complexity index is 351. The molecule has 1 unspecified atom stereocenters. The summed E-state index contributed by atoms with van der Waals surface area (Å²) in [6.07, 6.45) is 8.01. The molecule has 0 bridgehead atoms. The van der Waals surface area contributed by atoms with E-state index in [0.29, 0.717) is 0 Å². The second kappa shape index (κ2) is 8.53. The van der Waals surface area contributed by atoms with E-state index in [1.807, 2.05) is 12.2 Å². The Hall–Kier alpha value is -0.550. The fourth-order valence-corrected chi connectivity index (χ4v) is 3.02. The zero-order valence-electron chi connectivity index (χ0n) is 9.86. The molecule has 0 saturated heterocycles. The summed E-state index contributed by atoms with van der Waals surface area (Å²) in [4.78, 5) is 0.251. The van der Waals surface area contributed by atoms with Gasteiger partial charge in [0.2, 0.25) is 0 Å². The van der Waals surface area contributed by atoms with Crippen LogP contribution in [0.3, 0.4) is 0 Å². The van der Waals surface area contributed by atoms with Gasteiger partial charge in [0.15, 0.2) is 0 Å². The molecule has 1 heterocycles. The molecular weight excluding hydrogens is 298 g/mol. The fraction of sp³-hybridized carbons (Fsp3) is 0.500. The van der Waals surface area contributed by atoms with Gasteiger partial charge < -0.3 is 0 Å². The standard InChI is InChI=1S/C12H18BrN3S/c1-3-5-7-9-17-12-11(14-16-15-12)10(13)8-6-4-2/h3-4,10H,1-2,5-9H2,(H,14,15,16). The quantitative estimate of drug-likeness (QED) is 0.320. The lowest BCUT2D eigenvalue weighted by atomic mass is 10.2. The molecule has 0 aliphatic heterocycles. The molecule has 1 aromatic heterocycles. The third-order valence-corrected chi connectivity index (χ3v) is 4.21. The number of nitrogens with one attached hydrogen (secondary N) is 1. The summed E-state index contributed by atoms with van der Waals surface area (Å²) in [7, 11) is 0. The highest BCUT2D eigenvalue weighted by Crippen LogP contribution is 2.32. The monoisotopic (exact) mass is 315 g/mol. The predicted molar refractivity (Wildman–Crippen MR) is 77.6 cm³/mol. The van der Waals surface area contributed by atoms with Crippen LogP contribution in [0.5, 0.6) is 0 Å². The number of H-pyrrole nitrogens is 1. The summed E-state index contributed by atoms with van der Waals surface area (Å²) in [5, 5.41) is 12.1. The second-order valence-electron chi connectivity index (χ2n) is 3.63. The van der Waals surface area contributed by atoms with E-state index in [2.05, 4.69) is 44.5 Å². The number of aromatic amines is 1. The van der Waals surface area contributed by atoms with Crippen molar-refractivity contribution >= 4 is 27.7 Å². The zero-order chi connectivity index (χ0) is 12.5. The number of alkyl halides is 1. The average Bonchev–Trinajstić information content (AvgIpc) is 2.80. The van der Waals surface area contributed by atoms with Crippen LogP contribution < -0.4 is 0 Å². The van der Waals surface area contributed by atoms with Gasteiger partial charge in [-0.05, 0) is 31.4 Å². The summed E-state index contributed by atoms with van der Waals surface area (Å²) < 4.78 is 0. The highest BCUT2D eigenvalue weighted by molar-refractivity contribution is 9.09. The van der Waals surface area contributed by atoms with E-state index in [1.165, 1.54) is 0 Å². The summed E-state index contributed by atoms with van der Waals surface area (Å²) in [5.41, 5.74) is 1.01. The summed E-state index contributed by atoms with van der Waals surface area (Å²) >= 11 is 5.39. The van der Waals surface area contributed by atoms with Crippen LogP contribution in [0.1, 0.15) is 36.2 Å². The van der Waals surface area contributed by atoms with Gasteiger partial charge in [0, 0.05) is 0 Å². The molecule has 94 valence electrons. The van der Waals surface area contributed by atoms with Gasteiger partial charge in [-0.2, -0.15) is 10.3 Å². The van der Waals surface area contributed by atoms with Gasteiger partial charge in [-0.3, -0.25) is 0 Å². The van der Waals surface area contributed by atoms with Crippen molar-refractivity contribution in [2.45, 2.75) is 35.5 Å². The molecule has 0 spiro atoms. The molecular formula is C12H18BrN3S. The van der Waals surface area contributed by atoms with Crippen molar-refractivity contribution in [3.63, 3.8) is 0 Å². The molecule has 3 nitrogen and oxygen atoms in total. The van der Waals surface area contributed by atoms with Crippen LogP contribution in [0.25, 0.3) is 0 Å². The molecule has 1 rings (SSSR count). The highest BCUT2D eigenvalue weighted by Gasteiger charge is 2.16. The smallest absolute Gasteiger partial charge is 0.143 e. The molecule has 0 amide bonds. The van der Waals surface area contributed by atoms with Gasteiger partial charge in [0.1, 0.15) is 10.7 Å². The Balaban J connectivity index is 2.46. The maximum atomic E-state index is 4.21. The van der Waals surface area contributed by atoms with Crippen LogP contribution in [-0.2, 0) is 0 Å². The number of hydrogen-bond acceptors (Lipinski definition) is 3. The molecule has 1 N–H and O–H groups in total. The topological polar surface area (TPSA) is 41.6 Å². The molecule has 0 radical (unpaired) electrons. The Morgan fingerprint density at radius 2 is 2.06 bits per heavy atom. The Kier molecular flexibility index (Phi) is 7.28. The van der Waals surface area contributed by atoms with Crippen molar-refractivity contribution in [1.82, 2.24) is 15.4 Å². The molecule has 5 heteroatoms. The van der Waals surface area contributed by atoms with Crippen LogP contribution >= 0.6 is 27.7 Å². The molecule has 17 heavy (non-hydrogen) atoms. The van der Waals surface area contributed by atoms with E-state index in [0.717, 1.165) is 42.2 Å². The Labute approximate surface area is 115 Å². The highest BCUT2D eigenvalue weighted by atomic mass is 79.9. The van der Waals surface area contributed by atoms with E-state index >= 15 is 0 Å². The van der Waals surface area contributed by atoms with Crippen molar-refractivity contribution < 1.29 is 0 Å². The lowest BCUT2D eigenvalue weighted by Gasteiger charge is -2.06. The molecule has 0 aromatic carbocycles. The van der Waals surface area contributed by atoms with Gasteiger partial charge in [-0.15, -0.1) is 30.0 Å². The minimum Gasteiger partial charge on any atom is -0.197 e. The van der Waals surface area contributed by atoms with Gasteiger partial charge in [-0.1, -0.05) is 28.1 Å². The summed E-state index contributed by atoms with van der Waals surface area (Å²) in [6, 6.07) is 0. The maximum Gasteiger partial charge on any atom is 0.143 e. The first-order valence-corrected chi connectivity index (χ1v) is 7.59. The number of unbranched alkanes of at least 4 members (excludes halogenated alkanes) is 1. The van der Waals surface area contributed by atoms with Crippen LogP contribution in [0.4, 0.5) is 0 Å². The average molecular weight is 316 g/mol. The normalized spacial score (nSPS) is 12.3. The second-order valence-corrected chi connectivity index (χ2v) is 5.82. The van der Waals surface area contributed by atoms with E-state index < -0.39 is 0 Å². The lowest BCUT2D eigenvalue weighted by molar-refractivity contribution is 0.792. The van der Waals surface area contributed by atoms with Crippen molar-refractivity contribution in [2.75, 3.05) is 5.75 Å². The fourth-order valence-electron chi connectivity index (χ4n) is 1.34. The van der Waals surface area contributed by atoms with Crippen molar-refractivity contribution in [2.24, 2.45) is 0 Å². The predicted octanol–water partition coefficient (Wildman–Crippen LogP) is 4.27. The van der Waals surface area contributed by atoms with Crippen LogP contribution in [0.15, 0.2) is 30.3 Å². The number of allylic oxidation sites excluding steroid dienone is 2. The van der Waals surface area contributed by atoms with E-state index in [9.17, 15) is 0 Å². The number of hydrogen-bond donors (Lipinski definition) is 1. The van der Waals surface area contributed by atoms with Crippen LogP contribution in [0.2, 0.25) is 0 Å². The first-order valence-electron chi connectivity index (χ1n) is 5.69. The maximum absolute atomic E-state index is 4.21. The van der Waals surface area contributed by atoms with E-state index in [4.69, 9.17) is 0 Å². The lowest BCUT2D eigenvalue weighted by Crippen LogP contribution is -1.93. The third-order valence-electron chi connectivity index (χ3n) is 2.25. The first-order chi connectivity index (χ1) is 8.29. The molecule has 0 saturated carbocycles. The van der Waals surface area contributed by atoms with Crippen molar-refractivity contribution in [1.29, 1.82) is 0 Å². The third kappa shape index (κ3) is 5.08. The summed E-state index contributed by atoms with van der Waals surface area (Å²) in [5.74, 6) is 1.05. The van der Waals surface area contributed by atoms with Gasteiger partial charge in [0.05, 0.1) is 4.83 Å². The van der Waals surface area contributed by atoms with E-state index in [-0.39, 0.29) is 4.83 Å². The number of nitrogens with zero attached hydrogens (tertiary/aromatic N) is 2. The molecule has 1 aromatic rings. The summed E-state index contributed by atoms with van der Waals surface area (Å²) in [6.45, 7) is 7.44. The number of aromatic nitrogens is 3.